The van der Waals surface area contributed by atoms with Gasteiger partial charge < -0.3 is 9.80 Å². The monoisotopic (exact) mass is 426 g/mol. The highest BCUT2D eigenvalue weighted by Gasteiger charge is 2.47. The number of amides is 1. The van der Waals surface area contributed by atoms with Crippen molar-refractivity contribution in [2.24, 2.45) is 5.92 Å². The van der Waals surface area contributed by atoms with Gasteiger partial charge in [-0.1, -0.05) is 19.1 Å². The van der Waals surface area contributed by atoms with Crippen LogP contribution in [-0.2, 0) is 10.3 Å². The first-order valence-corrected chi connectivity index (χ1v) is 11.2. The number of likely N-dealkylation sites (tertiary alicyclic amines) is 1. The zero-order valence-corrected chi connectivity index (χ0v) is 18.2. The van der Waals surface area contributed by atoms with E-state index in [-0.39, 0.29) is 23.5 Å². The smallest absolute Gasteiger partial charge is 0.236 e. The predicted molar refractivity (Wildman–Crippen MR) is 119 cm³/mol. The molecule has 1 saturated carbocycles. The van der Waals surface area contributed by atoms with Gasteiger partial charge in [-0.05, 0) is 55.0 Å². The number of hydrogen-bond donors (Lipinski definition) is 1. The number of carbonyl (C=O) groups excluding carboxylic acids is 1. The molecule has 2 unspecified atom stereocenters. The molecule has 5 rings (SSSR count). The average Bonchev–Trinajstić information content (AvgIpc) is 3.59. The first kappa shape index (κ1) is 20.5. The maximum atomic E-state index is 13.1. The third kappa shape index (κ3) is 3.59. The van der Waals surface area contributed by atoms with Crippen molar-refractivity contribution in [1.29, 1.82) is 10.5 Å². The largest absolute Gasteiger partial charge is 0.347 e. The number of benzene rings is 1. The number of piperazine rings is 1. The van der Waals surface area contributed by atoms with Crippen LogP contribution in [0.25, 0.3) is 0 Å². The second-order valence-electron chi connectivity index (χ2n) is 9.28. The highest BCUT2D eigenvalue weighted by molar-refractivity contribution is 5.79. The van der Waals surface area contributed by atoms with Crippen LogP contribution in [0, 0.1) is 28.6 Å². The van der Waals surface area contributed by atoms with E-state index in [1.54, 1.807) is 6.20 Å². The predicted octanol–water partition coefficient (Wildman–Crippen LogP) is 2.53. The van der Waals surface area contributed by atoms with Gasteiger partial charge in [0.15, 0.2) is 0 Å². The summed E-state index contributed by atoms with van der Waals surface area (Å²) in [5.41, 5.74) is 2.23. The lowest BCUT2D eigenvalue weighted by atomic mass is 10.0. The van der Waals surface area contributed by atoms with Gasteiger partial charge in [0.1, 0.15) is 11.9 Å². The molecule has 1 amide bonds. The molecule has 7 heteroatoms. The minimum absolute atomic E-state index is 0.135. The highest BCUT2D eigenvalue weighted by atomic mass is 16.2. The Labute approximate surface area is 188 Å². The van der Waals surface area contributed by atoms with E-state index >= 15 is 0 Å². The third-order valence-electron chi connectivity index (χ3n) is 7.28. The maximum absolute atomic E-state index is 13.1. The van der Waals surface area contributed by atoms with Crippen molar-refractivity contribution in [2.75, 3.05) is 24.5 Å². The molecule has 2 saturated heterocycles. The number of nitriles is 2. The quantitative estimate of drug-likeness (QED) is 0.789. The molecule has 2 aliphatic heterocycles. The number of carbonyl (C=O) groups is 1. The van der Waals surface area contributed by atoms with E-state index in [4.69, 9.17) is 10.5 Å². The minimum Gasteiger partial charge on any atom is -0.347 e. The number of anilines is 1. The van der Waals surface area contributed by atoms with Gasteiger partial charge in [-0.2, -0.15) is 10.5 Å². The summed E-state index contributed by atoms with van der Waals surface area (Å²) in [4.78, 5) is 22.0. The first-order valence-electron chi connectivity index (χ1n) is 11.2. The fourth-order valence-electron chi connectivity index (χ4n) is 5.31. The second-order valence-corrected chi connectivity index (χ2v) is 9.28. The second kappa shape index (κ2) is 7.93. The molecule has 32 heavy (non-hydrogen) atoms. The third-order valence-corrected chi connectivity index (χ3v) is 7.28. The summed E-state index contributed by atoms with van der Waals surface area (Å²) in [6.07, 6.45) is 4.68. The molecule has 3 aliphatic rings. The van der Waals surface area contributed by atoms with Crippen LogP contribution in [0.1, 0.15) is 42.9 Å². The summed E-state index contributed by atoms with van der Waals surface area (Å²) in [7, 11) is 0. The molecule has 3 atom stereocenters. The summed E-state index contributed by atoms with van der Waals surface area (Å²) in [6.45, 7) is 3.97. The zero-order chi connectivity index (χ0) is 22.3. The van der Waals surface area contributed by atoms with Crippen LogP contribution >= 0.6 is 0 Å². The lowest BCUT2D eigenvalue weighted by molar-refractivity contribution is -0.131. The van der Waals surface area contributed by atoms with Gasteiger partial charge in [-0.25, -0.2) is 4.98 Å². The zero-order valence-electron chi connectivity index (χ0n) is 18.2. The Morgan fingerprint density at radius 3 is 2.44 bits per heavy atom. The van der Waals surface area contributed by atoms with E-state index in [2.05, 4.69) is 34.3 Å². The van der Waals surface area contributed by atoms with Crippen molar-refractivity contribution in [3.05, 3.63) is 59.3 Å². The molecule has 7 nitrogen and oxygen atoms in total. The molecule has 1 N–H and O–H groups in total. The Hall–Kier alpha value is -3.42. The van der Waals surface area contributed by atoms with Crippen molar-refractivity contribution in [2.45, 2.75) is 43.8 Å². The molecule has 3 heterocycles. The number of pyridine rings is 1. The molecule has 2 bridgehead atoms. The Balaban J connectivity index is 1.23. The number of rotatable bonds is 5. The molecule has 162 valence electrons. The van der Waals surface area contributed by atoms with Crippen molar-refractivity contribution in [1.82, 2.24) is 15.2 Å². The van der Waals surface area contributed by atoms with Crippen LogP contribution < -0.4 is 10.2 Å². The standard InChI is InChI=1S/C25H26N6O/c1-17-10-21-15-30(16-22(17)31(21)23-7-4-19(12-27)13-28-23)24(32)14-29-25(8-9-25)20-5-2-18(11-26)3-6-20/h2-7,13,17,21-22,29H,8-10,14-16H2,1H3/t17-,21?,22?/m1/s1. The highest BCUT2D eigenvalue weighted by Crippen LogP contribution is 2.45. The molecule has 2 aromatic rings. The lowest BCUT2D eigenvalue weighted by Crippen LogP contribution is -2.58. The summed E-state index contributed by atoms with van der Waals surface area (Å²) < 4.78 is 0. The molecular formula is C25H26N6O. The summed E-state index contributed by atoms with van der Waals surface area (Å²) >= 11 is 0. The van der Waals surface area contributed by atoms with Gasteiger partial charge in [-0.3, -0.25) is 10.1 Å². The van der Waals surface area contributed by atoms with Crippen molar-refractivity contribution < 1.29 is 4.79 Å². The van der Waals surface area contributed by atoms with Crippen LogP contribution in [0.4, 0.5) is 5.82 Å². The topological polar surface area (TPSA) is 96.0 Å². The van der Waals surface area contributed by atoms with Crippen LogP contribution in [0.5, 0.6) is 0 Å². The molecule has 1 aliphatic carbocycles. The number of hydrogen-bond acceptors (Lipinski definition) is 6. The van der Waals surface area contributed by atoms with Crippen molar-refractivity contribution >= 4 is 11.7 Å². The average molecular weight is 427 g/mol. The Morgan fingerprint density at radius 1 is 1.12 bits per heavy atom. The van der Waals surface area contributed by atoms with E-state index in [1.807, 2.05) is 41.3 Å². The van der Waals surface area contributed by atoms with E-state index in [1.165, 1.54) is 0 Å². The van der Waals surface area contributed by atoms with Gasteiger partial charge in [0.2, 0.25) is 5.91 Å². The SMILES string of the molecule is C[C@@H]1CC2CN(C(=O)CNC3(c4ccc(C#N)cc4)CC3)CC1N2c1ccc(C#N)cn1. The van der Waals surface area contributed by atoms with Crippen LogP contribution in [0.2, 0.25) is 0 Å². The minimum atomic E-state index is -0.135. The Bertz CT molecular complexity index is 1090. The van der Waals surface area contributed by atoms with Gasteiger partial charge in [0.05, 0.1) is 29.8 Å². The molecule has 0 spiro atoms. The van der Waals surface area contributed by atoms with E-state index < -0.39 is 0 Å². The van der Waals surface area contributed by atoms with Crippen molar-refractivity contribution in [3.63, 3.8) is 0 Å². The summed E-state index contributed by atoms with van der Waals surface area (Å²) in [5, 5.41) is 21.6. The van der Waals surface area contributed by atoms with Crippen LogP contribution in [0.3, 0.4) is 0 Å². The normalized spacial score (nSPS) is 25.2. The summed E-state index contributed by atoms with van der Waals surface area (Å²) in [5.74, 6) is 1.52. The van der Waals surface area contributed by atoms with E-state index in [0.717, 1.165) is 30.6 Å². The molecular weight excluding hydrogens is 400 g/mol. The van der Waals surface area contributed by atoms with Gasteiger partial charge in [0.25, 0.3) is 0 Å². The molecule has 0 radical (unpaired) electrons. The molecule has 3 fully saturated rings. The Kier molecular flexibility index (Phi) is 5.07. The fourth-order valence-corrected chi connectivity index (χ4v) is 5.31. The van der Waals surface area contributed by atoms with Gasteiger partial charge >= 0.3 is 0 Å². The summed E-state index contributed by atoms with van der Waals surface area (Å²) in [6, 6.07) is 16.2. The van der Waals surface area contributed by atoms with E-state index in [9.17, 15) is 4.79 Å². The number of fused-ring (bicyclic) bond motifs is 2. The van der Waals surface area contributed by atoms with Gasteiger partial charge in [-0.15, -0.1) is 0 Å². The Morgan fingerprint density at radius 2 is 1.84 bits per heavy atom. The van der Waals surface area contributed by atoms with Crippen LogP contribution in [-0.4, -0.2) is 47.5 Å². The van der Waals surface area contributed by atoms with Gasteiger partial charge in [0, 0.05) is 30.9 Å². The lowest BCUT2D eigenvalue weighted by Gasteiger charge is -2.42. The molecule has 1 aromatic heterocycles. The van der Waals surface area contributed by atoms with E-state index in [0.29, 0.717) is 36.7 Å². The number of aromatic nitrogens is 1. The first-order chi connectivity index (χ1) is 15.5. The number of nitrogens with one attached hydrogen (secondary N) is 1. The maximum Gasteiger partial charge on any atom is 0.236 e. The molecule has 1 aromatic carbocycles. The van der Waals surface area contributed by atoms with Crippen LogP contribution in [0.15, 0.2) is 42.6 Å². The number of nitrogens with zero attached hydrogens (tertiary/aromatic N) is 5. The van der Waals surface area contributed by atoms with Crippen molar-refractivity contribution in [3.8, 4) is 12.1 Å². The fraction of sp³-hybridized carbons (Fsp3) is 0.440.